The zero-order valence-corrected chi connectivity index (χ0v) is 11.7. The molecule has 1 saturated carbocycles. The van der Waals surface area contributed by atoms with Crippen LogP contribution in [0.2, 0.25) is 0 Å². The lowest BCUT2D eigenvalue weighted by Crippen LogP contribution is -2.38. The van der Waals surface area contributed by atoms with E-state index in [1.54, 1.807) is 19.1 Å². The highest BCUT2D eigenvalue weighted by molar-refractivity contribution is 5.94. The minimum absolute atomic E-state index is 0.0151. The van der Waals surface area contributed by atoms with Crippen LogP contribution in [0, 0.1) is 6.92 Å². The lowest BCUT2D eigenvalue weighted by molar-refractivity contribution is 0.00987. The van der Waals surface area contributed by atoms with Gasteiger partial charge in [-0.2, -0.15) is 0 Å². The van der Waals surface area contributed by atoms with Crippen LogP contribution < -0.4 is 10.9 Å². The number of amides is 1. The highest BCUT2D eigenvalue weighted by atomic mass is 16.5. The van der Waals surface area contributed by atoms with Crippen LogP contribution in [0.3, 0.4) is 0 Å². The van der Waals surface area contributed by atoms with Gasteiger partial charge in [-0.1, -0.05) is 12.8 Å². The van der Waals surface area contributed by atoms with E-state index in [4.69, 9.17) is 4.74 Å². The van der Waals surface area contributed by atoms with Crippen molar-refractivity contribution < 1.29 is 9.53 Å². The SMILES string of the molecule is Cc1ccc(C(=O)N[C@H]2COC3(CCCC3)C2)c(=O)[nH]1. The van der Waals surface area contributed by atoms with Gasteiger partial charge in [0.25, 0.3) is 11.5 Å². The van der Waals surface area contributed by atoms with Crippen LogP contribution in [-0.4, -0.2) is 29.1 Å². The molecule has 1 aliphatic carbocycles. The van der Waals surface area contributed by atoms with Crippen molar-refractivity contribution in [1.82, 2.24) is 10.3 Å². The molecule has 3 rings (SSSR count). The summed E-state index contributed by atoms with van der Waals surface area (Å²) >= 11 is 0. The second-order valence-corrected chi connectivity index (χ2v) is 5.96. The third kappa shape index (κ3) is 2.50. The Morgan fingerprint density at radius 3 is 2.85 bits per heavy atom. The lowest BCUT2D eigenvalue weighted by atomic mass is 9.96. The first-order chi connectivity index (χ1) is 9.58. The number of aromatic amines is 1. The van der Waals surface area contributed by atoms with E-state index in [0.29, 0.717) is 6.61 Å². The third-order valence-corrected chi connectivity index (χ3v) is 4.36. The molecule has 1 amide bonds. The first kappa shape index (κ1) is 13.4. The molecular formula is C15H20N2O3. The second-order valence-electron chi connectivity index (χ2n) is 5.96. The Morgan fingerprint density at radius 2 is 2.15 bits per heavy atom. The number of nitrogens with one attached hydrogen (secondary N) is 2. The van der Waals surface area contributed by atoms with Crippen LogP contribution in [0.4, 0.5) is 0 Å². The third-order valence-electron chi connectivity index (χ3n) is 4.36. The molecule has 0 unspecified atom stereocenters. The highest BCUT2D eigenvalue weighted by Crippen LogP contribution is 2.40. The van der Waals surface area contributed by atoms with E-state index >= 15 is 0 Å². The summed E-state index contributed by atoms with van der Waals surface area (Å²) in [5.74, 6) is -0.310. The van der Waals surface area contributed by atoms with Crippen molar-refractivity contribution in [3.8, 4) is 0 Å². The van der Waals surface area contributed by atoms with Crippen molar-refractivity contribution in [3.05, 3.63) is 33.7 Å². The van der Waals surface area contributed by atoms with Crippen molar-refractivity contribution in [1.29, 1.82) is 0 Å². The fraction of sp³-hybridized carbons (Fsp3) is 0.600. The molecule has 5 heteroatoms. The van der Waals surface area contributed by atoms with E-state index in [9.17, 15) is 9.59 Å². The molecule has 1 saturated heterocycles. The molecule has 2 N–H and O–H groups in total. The average Bonchev–Trinajstić information content (AvgIpc) is 3.00. The summed E-state index contributed by atoms with van der Waals surface area (Å²) in [6, 6.07) is 3.33. The molecule has 0 radical (unpaired) electrons. The fourth-order valence-corrected chi connectivity index (χ4v) is 3.32. The van der Waals surface area contributed by atoms with Crippen molar-refractivity contribution in [2.45, 2.75) is 50.7 Å². The van der Waals surface area contributed by atoms with E-state index < -0.39 is 0 Å². The Labute approximate surface area is 117 Å². The number of hydrogen-bond acceptors (Lipinski definition) is 3. The number of carbonyl (C=O) groups excluding carboxylic acids is 1. The van der Waals surface area contributed by atoms with Gasteiger partial charge >= 0.3 is 0 Å². The van der Waals surface area contributed by atoms with Gasteiger partial charge in [-0.25, -0.2) is 0 Å². The van der Waals surface area contributed by atoms with Crippen LogP contribution in [0.15, 0.2) is 16.9 Å². The number of aryl methyl sites for hydroxylation is 1. The predicted molar refractivity (Wildman–Crippen MR) is 74.8 cm³/mol. The number of ether oxygens (including phenoxy) is 1. The number of carbonyl (C=O) groups is 1. The van der Waals surface area contributed by atoms with Gasteiger partial charge in [0.1, 0.15) is 5.56 Å². The average molecular weight is 276 g/mol. The minimum Gasteiger partial charge on any atom is -0.373 e. The molecule has 0 aromatic carbocycles. The van der Waals surface area contributed by atoms with Crippen LogP contribution in [0.5, 0.6) is 0 Å². The monoisotopic (exact) mass is 276 g/mol. The standard InChI is InChI=1S/C15H20N2O3/c1-10-4-5-12(13(18)16-10)14(19)17-11-8-15(20-9-11)6-2-3-7-15/h4-5,11H,2-3,6-9H2,1H3,(H,16,18)(H,17,19)/t11-/m1/s1. The summed E-state index contributed by atoms with van der Waals surface area (Å²) in [7, 11) is 0. The Kier molecular flexibility index (Phi) is 3.38. The topological polar surface area (TPSA) is 71.2 Å². The second kappa shape index (κ2) is 5.05. The molecule has 1 aromatic heterocycles. The number of aromatic nitrogens is 1. The molecule has 1 aliphatic heterocycles. The summed E-state index contributed by atoms with van der Waals surface area (Å²) < 4.78 is 5.90. The van der Waals surface area contributed by atoms with E-state index in [1.165, 1.54) is 12.8 Å². The number of hydrogen-bond donors (Lipinski definition) is 2. The van der Waals surface area contributed by atoms with Gasteiger partial charge < -0.3 is 15.0 Å². The molecule has 1 atom stereocenters. The Morgan fingerprint density at radius 1 is 1.40 bits per heavy atom. The fourth-order valence-electron chi connectivity index (χ4n) is 3.32. The van der Waals surface area contributed by atoms with Crippen LogP contribution in [0.25, 0.3) is 0 Å². The number of H-pyrrole nitrogens is 1. The summed E-state index contributed by atoms with van der Waals surface area (Å²) in [5, 5.41) is 2.92. The first-order valence-electron chi connectivity index (χ1n) is 7.23. The van der Waals surface area contributed by atoms with Crippen LogP contribution in [0.1, 0.15) is 48.2 Å². The van der Waals surface area contributed by atoms with Crippen molar-refractivity contribution in [2.75, 3.05) is 6.61 Å². The summed E-state index contributed by atoms with van der Waals surface area (Å²) in [6.07, 6.45) is 5.45. The van der Waals surface area contributed by atoms with Crippen molar-refractivity contribution >= 4 is 5.91 Å². The van der Waals surface area contributed by atoms with Crippen LogP contribution >= 0.6 is 0 Å². The molecule has 5 nitrogen and oxygen atoms in total. The largest absolute Gasteiger partial charge is 0.373 e. The highest BCUT2D eigenvalue weighted by Gasteiger charge is 2.42. The quantitative estimate of drug-likeness (QED) is 0.860. The van der Waals surface area contributed by atoms with Gasteiger partial charge in [-0.3, -0.25) is 9.59 Å². The molecule has 0 bridgehead atoms. The molecule has 2 aliphatic rings. The minimum atomic E-state index is -0.336. The van der Waals surface area contributed by atoms with Gasteiger partial charge in [0.05, 0.1) is 18.2 Å². The summed E-state index contributed by atoms with van der Waals surface area (Å²) in [5.41, 5.74) is 0.568. The molecular weight excluding hydrogens is 256 g/mol. The van der Waals surface area contributed by atoms with Gasteiger partial charge in [0.2, 0.25) is 0 Å². The van der Waals surface area contributed by atoms with E-state index in [0.717, 1.165) is 25.0 Å². The smallest absolute Gasteiger partial charge is 0.260 e. The number of rotatable bonds is 2. The van der Waals surface area contributed by atoms with E-state index in [1.807, 2.05) is 0 Å². The Hall–Kier alpha value is -1.62. The molecule has 108 valence electrons. The summed E-state index contributed by atoms with van der Waals surface area (Å²) in [6.45, 7) is 2.34. The zero-order valence-electron chi connectivity index (χ0n) is 11.7. The molecule has 2 heterocycles. The van der Waals surface area contributed by atoms with Crippen LogP contribution in [-0.2, 0) is 4.74 Å². The van der Waals surface area contributed by atoms with Gasteiger partial charge in [-0.15, -0.1) is 0 Å². The first-order valence-corrected chi connectivity index (χ1v) is 7.23. The van der Waals surface area contributed by atoms with E-state index in [2.05, 4.69) is 10.3 Å². The van der Waals surface area contributed by atoms with Gasteiger partial charge in [0, 0.05) is 5.69 Å². The van der Waals surface area contributed by atoms with Crippen molar-refractivity contribution in [3.63, 3.8) is 0 Å². The Balaban J connectivity index is 1.66. The normalized spacial score (nSPS) is 24.1. The van der Waals surface area contributed by atoms with Crippen molar-refractivity contribution in [2.24, 2.45) is 0 Å². The maximum atomic E-state index is 12.1. The maximum Gasteiger partial charge on any atom is 0.260 e. The Bertz CT molecular complexity index is 573. The molecule has 1 aromatic rings. The van der Waals surface area contributed by atoms with E-state index in [-0.39, 0.29) is 28.7 Å². The molecule has 20 heavy (non-hydrogen) atoms. The van der Waals surface area contributed by atoms with Gasteiger partial charge in [-0.05, 0) is 38.3 Å². The zero-order chi connectivity index (χ0) is 14.2. The predicted octanol–water partition coefficient (Wildman–Crippen LogP) is 1.51. The molecule has 1 spiro atoms. The van der Waals surface area contributed by atoms with Gasteiger partial charge in [0.15, 0.2) is 0 Å². The maximum absolute atomic E-state index is 12.1. The number of pyridine rings is 1. The lowest BCUT2D eigenvalue weighted by Gasteiger charge is -2.21. The summed E-state index contributed by atoms with van der Waals surface area (Å²) in [4.78, 5) is 26.6. The molecule has 2 fully saturated rings.